The van der Waals surface area contributed by atoms with Gasteiger partial charge in [-0.25, -0.2) is 4.98 Å². The highest BCUT2D eigenvalue weighted by molar-refractivity contribution is 5.06. The second kappa shape index (κ2) is 4.23. The van der Waals surface area contributed by atoms with E-state index in [0.717, 1.165) is 12.2 Å². The minimum atomic E-state index is 0.0578. The third-order valence-corrected chi connectivity index (χ3v) is 2.13. The van der Waals surface area contributed by atoms with Gasteiger partial charge in [0.25, 0.3) is 0 Å². The van der Waals surface area contributed by atoms with E-state index in [2.05, 4.69) is 25.4 Å². The summed E-state index contributed by atoms with van der Waals surface area (Å²) in [6, 6.07) is 0.0578. The Morgan fingerprint density at radius 2 is 2.38 bits per heavy atom. The molecule has 1 aromatic rings. The van der Waals surface area contributed by atoms with Crippen LogP contribution < -0.4 is 5.73 Å². The Bertz CT molecular complexity index is 275. The topological polar surface area (TPSA) is 43.8 Å². The zero-order valence-corrected chi connectivity index (χ0v) is 8.27. The van der Waals surface area contributed by atoms with Crippen LogP contribution in [0, 0.1) is 5.92 Å². The van der Waals surface area contributed by atoms with E-state index in [9.17, 15) is 0 Å². The zero-order chi connectivity index (χ0) is 9.84. The summed E-state index contributed by atoms with van der Waals surface area (Å²) in [5.74, 6) is 0.431. The van der Waals surface area contributed by atoms with Crippen molar-refractivity contribution in [3.63, 3.8) is 0 Å². The van der Waals surface area contributed by atoms with Gasteiger partial charge in [0, 0.05) is 18.8 Å². The van der Waals surface area contributed by atoms with Gasteiger partial charge in [-0.2, -0.15) is 0 Å². The largest absolute Gasteiger partial charge is 0.329 e. The Hall–Kier alpha value is -1.09. The molecule has 1 aromatic heterocycles. The Morgan fingerprint density at radius 1 is 1.69 bits per heavy atom. The minimum Gasteiger partial charge on any atom is -0.329 e. The molecular weight excluding hydrogens is 162 g/mol. The summed E-state index contributed by atoms with van der Waals surface area (Å²) in [5.41, 5.74) is 7.10. The van der Waals surface area contributed by atoms with Gasteiger partial charge in [-0.05, 0) is 5.92 Å². The first-order valence-electron chi connectivity index (χ1n) is 4.53. The number of imidazole rings is 1. The Balaban J connectivity index is 2.86. The second-order valence-electron chi connectivity index (χ2n) is 3.53. The average molecular weight is 179 g/mol. The van der Waals surface area contributed by atoms with Crippen LogP contribution in [0.5, 0.6) is 0 Å². The van der Waals surface area contributed by atoms with Gasteiger partial charge in [-0.15, -0.1) is 6.58 Å². The molecule has 72 valence electrons. The first kappa shape index (κ1) is 9.99. The van der Waals surface area contributed by atoms with Crippen LogP contribution in [0.1, 0.15) is 25.6 Å². The SMILES string of the molecule is C=CCn1cncc1C(N)C(C)C. The monoisotopic (exact) mass is 179 g/mol. The van der Waals surface area contributed by atoms with E-state index < -0.39 is 0 Å². The van der Waals surface area contributed by atoms with E-state index in [1.54, 1.807) is 6.33 Å². The van der Waals surface area contributed by atoms with Gasteiger partial charge in [-0.3, -0.25) is 0 Å². The van der Waals surface area contributed by atoms with E-state index in [1.807, 2.05) is 16.8 Å². The molecule has 0 bridgehead atoms. The Labute approximate surface area is 79.3 Å². The number of rotatable bonds is 4. The molecule has 13 heavy (non-hydrogen) atoms. The third-order valence-electron chi connectivity index (χ3n) is 2.13. The maximum atomic E-state index is 6.02. The first-order valence-corrected chi connectivity index (χ1v) is 4.53. The lowest BCUT2D eigenvalue weighted by molar-refractivity contribution is 0.485. The summed E-state index contributed by atoms with van der Waals surface area (Å²) < 4.78 is 2.03. The van der Waals surface area contributed by atoms with Crippen molar-refractivity contribution in [2.75, 3.05) is 0 Å². The fourth-order valence-corrected chi connectivity index (χ4v) is 1.24. The summed E-state index contributed by atoms with van der Waals surface area (Å²) in [6.45, 7) is 8.68. The molecule has 0 saturated carbocycles. The normalized spacial score (nSPS) is 13.2. The highest BCUT2D eigenvalue weighted by Crippen LogP contribution is 2.17. The quantitative estimate of drug-likeness (QED) is 0.715. The van der Waals surface area contributed by atoms with Gasteiger partial charge in [-0.1, -0.05) is 19.9 Å². The Kier molecular flexibility index (Phi) is 3.25. The lowest BCUT2D eigenvalue weighted by Crippen LogP contribution is -2.20. The van der Waals surface area contributed by atoms with E-state index >= 15 is 0 Å². The molecule has 0 aliphatic carbocycles. The highest BCUT2D eigenvalue weighted by Gasteiger charge is 2.13. The summed E-state index contributed by atoms with van der Waals surface area (Å²) in [7, 11) is 0. The predicted octanol–water partition coefficient (Wildman–Crippen LogP) is 1.72. The Morgan fingerprint density at radius 3 is 2.92 bits per heavy atom. The van der Waals surface area contributed by atoms with Crippen molar-refractivity contribution in [3.8, 4) is 0 Å². The molecule has 0 spiro atoms. The fraction of sp³-hybridized carbons (Fsp3) is 0.500. The number of hydrogen-bond acceptors (Lipinski definition) is 2. The molecule has 0 radical (unpaired) electrons. The third kappa shape index (κ3) is 2.18. The maximum Gasteiger partial charge on any atom is 0.0951 e. The highest BCUT2D eigenvalue weighted by atomic mass is 15.1. The molecule has 0 saturated heterocycles. The summed E-state index contributed by atoms with van der Waals surface area (Å²) in [5, 5.41) is 0. The van der Waals surface area contributed by atoms with E-state index in [4.69, 9.17) is 5.73 Å². The van der Waals surface area contributed by atoms with Gasteiger partial charge in [0.05, 0.1) is 12.0 Å². The zero-order valence-electron chi connectivity index (χ0n) is 8.27. The molecule has 0 fully saturated rings. The molecule has 0 aliphatic heterocycles. The number of hydrogen-bond donors (Lipinski definition) is 1. The molecule has 1 atom stereocenters. The van der Waals surface area contributed by atoms with Crippen LogP contribution in [0.3, 0.4) is 0 Å². The van der Waals surface area contributed by atoms with Crippen LogP contribution in [0.2, 0.25) is 0 Å². The van der Waals surface area contributed by atoms with Gasteiger partial charge >= 0.3 is 0 Å². The van der Waals surface area contributed by atoms with Crippen molar-refractivity contribution in [1.29, 1.82) is 0 Å². The van der Waals surface area contributed by atoms with E-state index in [1.165, 1.54) is 0 Å². The summed E-state index contributed by atoms with van der Waals surface area (Å²) >= 11 is 0. The number of nitrogens with two attached hydrogens (primary N) is 1. The smallest absolute Gasteiger partial charge is 0.0951 e. The number of aromatic nitrogens is 2. The predicted molar refractivity (Wildman–Crippen MR) is 54.2 cm³/mol. The van der Waals surface area contributed by atoms with Crippen LogP contribution in [-0.2, 0) is 6.54 Å². The van der Waals surface area contributed by atoms with Crippen LogP contribution in [0.4, 0.5) is 0 Å². The standard InChI is InChI=1S/C10H17N3/c1-4-5-13-7-12-6-9(13)10(11)8(2)3/h4,6-8,10H,1,5,11H2,2-3H3. The van der Waals surface area contributed by atoms with E-state index in [0.29, 0.717) is 5.92 Å². The van der Waals surface area contributed by atoms with Crippen molar-refractivity contribution in [1.82, 2.24) is 9.55 Å². The van der Waals surface area contributed by atoms with Crippen LogP contribution in [-0.4, -0.2) is 9.55 Å². The van der Waals surface area contributed by atoms with Gasteiger partial charge < -0.3 is 10.3 Å². The average Bonchev–Trinajstić information content (AvgIpc) is 2.52. The lowest BCUT2D eigenvalue weighted by Gasteiger charge is -2.16. The molecular formula is C10H17N3. The van der Waals surface area contributed by atoms with Crippen molar-refractivity contribution in [2.45, 2.75) is 26.4 Å². The van der Waals surface area contributed by atoms with Crippen LogP contribution >= 0.6 is 0 Å². The van der Waals surface area contributed by atoms with E-state index in [-0.39, 0.29) is 6.04 Å². The van der Waals surface area contributed by atoms with Crippen molar-refractivity contribution < 1.29 is 0 Å². The number of nitrogens with zero attached hydrogens (tertiary/aromatic N) is 2. The molecule has 0 aliphatic rings. The molecule has 1 rings (SSSR count). The molecule has 3 nitrogen and oxygen atoms in total. The van der Waals surface area contributed by atoms with Crippen LogP contribution in [0.15, 0.2) is 25.2 Å². The maximum absolute atomic E-state index is 6.02. The van der Waals surface area contributed by atoms with Gasteiger partial charge in [0.1, 0.15) is 0 Å². The fourth-order valence-electron chi connectivity index (χ4n) is 1.24. The van der Waals surface area contributed by atoms with Gasteiger partial charge in [0.2, 0.25) is 0 Å². The molecule has 3 heteroatoms. The molecule has 0 aromatic carbocycles. The lowest BCUT2D eigenvalue weighted by atomic mass is 10.0. The van der Waals surface area contributed by atoms with Crippen LogP contribution in [0.25, 0.3) is 0 Å². The summed E-state index contributed by atoms with van der Waals surface area (Å²) in [4.78, 5) is 4.08. The number of allylic oxidation sites excluding steroid dienone is 1. The molecule has 1 unspecified atom stereocenters. The first-order chi connectivity index (χ1) is 6.16. The second-order valence-corrected chi connectivity index (χ2v) is 3.53. The molecule has 1 heterocycles. The van der Waals surface area contributed by atoms with Crippen molar-refractivity contribution in [3.05, 3.63) is 30.9 Å². The molecule has 0 amide bonds. The van der Waals surface area contributed by atoms with Crippen molar-refractivity contribution >= 4 is 0 Å². The summed E-state index contributed by atoms with van der Waals surface area (Å²) in [6.07, 6.45) is 5.46. The minimum absolute atomic E-state index is 0.0578. The van der Waals surface area contributed by atoms with Crippen molar-refractivity contribution in [2.24, 2.45) is 11.7 Å². The molecule has 2 N–H and O–H groups in total. The van der Waals surface area contributed by atoms with Gasteiger partial charge in [0.15, 0.2) is 0 Å².